The van der Waals surface area contributed by atoms with Crippen molar-refractivity contribution in [3.8, 4) is 0 Å². The molecule has 0 aromatic rings. The van der Waals surface area contributed by atoms with Gasteiger partial charge in [-0.05, 0) is 19.9 Å². The number of rotatable bonds is 3. The zero-order chi connectivity index (χ0) is 11.2. The molecule has 0 aromatic heterocycles. The molecule has 14 heavy (non-hydrogen) atoms. The maximum Gasteiger partial charge on any atom is 0.413 e. The molecule has 4 heteroatoms. The van der Waals surface area contributed by atoms with Crippen molar-refractivity contribution in [1.29, 1.82) is 0 Å². The van der Waals surface area contributed by atoms with Gasteiger partial charge in [-0.15, -0.1) is 0 Å². The van der Waals surface area contributed by atoms with E-state index in [4.69, 9.17) is 0 Å². The average molecular weight is 203 g/mol. The number of hydrogen-bond donors (Lipinski definition) is 0. The molecule has 0 saturated heterocycles. The molecule has 0 amide bonds. The molecule has 0 spiro atoms. The Morgan fingerprint density at radius 3 is 2.29 bits per heavy atom. The smallest absolute Gasteiger partial charge is 0.261 e. The van der Waals surface area contributed by atoms with Gasteiger partial charge >= 0.3 is 6.18 Å². The maximum absolute atomic E-state index is 12.0. The zero-order valence-electron chi connectivity index (χ0n) is 8.10. The molecule has 0 aliphatic carbocycles. The summed E-state index contributed by atoms with van der Waals surface area (Å²) in [5, 5.41) is 0. The van der Waals surface area contributed by atoms with Crippen molar-refractivity contribution in [3.05, 3.63) is 36.6 Å². The van der Waals surface area contributed by atoms with Crippen molar-refractivity contribution in [2.45, 2.75) is 20.0 Å². The third-order valence-electron chi connectivity index (χ3n) is 1.38. The molecule has 0 aromatic carbocycles. The summed E-state index contributed by atoms with van der Waals surface area (Å²) in [6, 6.07) is 0. The molecule has 0 aliphatic rings. The van der Waals surface area contributed by atoms with Crippen LogP contribution in [-0.4, -0.2) is 11.9 Å². The monoisotopic (exact) mass is 203 g/mol. The third-order valence-corrected chi connectivity index (χ3v) is 1.38. The maximum atomic E-state index is 12.0. The van der Waals surface area contributed by atoms with E-state index < -0.39 is 11.7 Å². The van der Waals surface area contributed by atoms with Gasteiger partial charge in [0.1, 0.15) is 0 Å². The van der Waals surface area contributed by atoms with Gasteiger partial charge in [0.2, 0.25) is 0 Å². The van der Waals surface area contributed by atoms with Crippen LogP contribution < -0.4 is 0 Å². The van der Waals surface area contributed by atoms with Crippen LogP contribution in [0, 0.1) is 0 Å². The van der Waals surface area contributed by atoms with Gasteiger partial charge in [0, 0.05) is 17.5 Å². The van der Waals surface area contributed by atoms with Crippen molar-refractivity contribution >= 4 is 5.71 Å². The van der Waals surface area contributed by atoms with Gasteiger partial charge in [-0.1, -0.05) is 18.7 Å². The van der Waals surface area contributed by atoms with E-state index in [9.17, 15) is 13.2 Å². The van der Waals surface area contributed by atoms with Crippen molar-refractivity contribution in [1.82, 2.24) is 0 Å². The molecular weight excluding hydrogens is 191 g/mol. The van der Waals surface area contributed by atoms with Crippen molar-refractivity contribution in [3.63, 3.8) is 0 Å². The van der Waals surface area contributed by atoms with Crippen LogP contribution in [-0.2, 0) is 0 Å². The molecule has 0 rings (SSSR count). The normalized spacial score (nSPS) is 14.9. The van der Waals surface area contributed by atoms with Gasteiger partial charge in [-0.3, -0.25) is 4.99 Å². The molecule has 0 atom stereocenters. The highest BCUT2D eigenvalue weighted by Crippen LogP contribution is 2.24. The van der Waals surface area contributed by atoms with Crippen molar-refractivity contribution in [2.75, 3.05) is 0 Å². The van der Waals surface area contributed by atoms with Gasteiger partial charge in [0.15, 0.2) is 0 Å². The fourth-order valence-electron chi connectivity index (χ4n) is 0.522. The van der Waals surface area contributed by atoms with Gasteiger partial charge in [0.25, 0.3) is 0 Å². The second kappa shape index (κ2) is 5.42. The minimum atomic E-state index is -4.30. The van der Waals surface area contributed by atoms with Gasteiger partial charge in [0.05, 0.1) is 0 Å². The highest BCUT2D eigenvalue weighted by Gasteiger charge is 2.29. The summed E-state index contributed by atoms with van der Waals surface area (Å²) in [7, 11) is 0. The summed E-state index contributed by atoms with van der Waals surface area (Å²) in [6.07, 6.45) is 1.22. The Morgan fingerprint density at radius 1 is 1.29 bits per heavy atom. The predicted molar refractivity (Wildman–Crippen MR) is 52.3 cm³/mol. The minimum absolute atomic E-state index is 0.494. The fraction of sp³-hybridized carbons (Fsp3) is 0.300. The Hall–Kier alpha value is -1.32. The van der Waals surface area contributed by atoms with E-state index in [1.165, 1.54) is 6.08 Å². The third kappa shape index (κ3) is 5.35. The van der Waals surface area contributed by atoms with Gasteiger partial charge < -0.3 is 0 Å². The lowest BCUT2D eigenvalue weighted by Gasteiger charge is -2.03. The lowest BCUT2D eigenvalue weighted by Crippen LogP contribution is -2.08. The molecule has 0 bridgehead atoms. The molecule has 0 unspecified atom stereocenters. The van der Waals surface area contributed by atoms with Crippen LogP contribution in [0.3, 0.4) is 0 Å². The second-order valence-corrected chi connectivity index (χ2v) is 2.68. The van der Waals surface area contributed by atoms with Crippen LogP contribution in [0.25, 0.3) is 0 Å². The number of alkyl halides is 3. The molecule has 0 fully saturated rings. The van der Waals surface area contributed by atoms with E-state index in [1.54, 1.807) is 19.1 Å². The predicted octanol–water partition coefficient (Wildman–Crippen LogP) is 3.66. The lowest BCUT2D eigenvalue weighted by atomic mass is 10.3. The molecule has 1 nitrogen and oxygen atoms in total. The van der Waals surface area contributed by atoms with E-state index in [-0.39, 0.29) is 0 Å². The zero-order valence-corrected chi connectivity index (χ0v) is 8.10. The second-order valence-electron chi connectivity index (χ2n) is 2.68. The minimum Gasteiger partial charge on any atom is -0.261 e. The fourth-order valence-corrected chi connectivity index (χ4v) is 0.522. The average Bonchev–Trinajstić information content (AvgIpc) is 2.09. The summed E-state index contributed by atoms with van der Waals surface area (Å²) in [5.74, 6) is 0. The van der Waals surface area contributed by atoms with E-state index in [2.05, 4.69) is 11.6 Å². The topological polar surface area (TPSA) is 12.4 Å². The van der Waals surface area contributed by atoms with Crippen molar-refractivity contribution in [2.24, 2.45) is 4.99 Å². The van der Waals surface area contributed by atoms with E-state index in [0.717, 1.165) is 13.1 Å². The van der Waals surface area contributed by atoms with E-state index >= 15 is 0 Å². The number of allylic oxidation sites excluding steroid dienone is 4. The largest absolute Gasteiger partial charge is 0.413 e. The Kier molecular flexibility index (Phi) is 4.91. The Morgan fingerprint density at radius 2 is 1.86 bits per heavy atom. The molecule has 0 N–H and O–H groups in total. The highest BCUT2D eigenvalue weighted by molar-refractivity contribution is 5.93. The summed E-state index contributed by atoms with van der Waals surface area (Å²) in [4.78, 5) is 3.63. The molecular formula is C10H12F3N. The Bertz CT molecular complexity index is 282. The summed E-state index contributed by atoms with van der Waals surface area (Å²) in [6.45, 7) is 6.02. The number of halogens is 3. The van der Waals surface area contributed by atoms with E-state index in [0.29, 0.717) is 5.71 Å². The summed E-state index contributed by atoms with van der Waals surface area (Å²) >= 11 is 0. The molecule has 78 valence electrons. The van der Waals surface area contributed by atoms with Crippen LogP contribution in [0.2, 0.25) is 0 Å². The number of nitrogens with zero attached hydrogens (tertiary/aromatic N) is 1. The Labute approximate surface area is 81.3 Å². The quantitative estimate of drug-likeness (QED) is 0.490. The lowest BCUT2D eigenvalue weighted by molar-refractivity contribution is -0.0914. The first-order chi connectivity index (χ1) is 6.38. The molecule has 0 radical (unpaired) electrons. The van der Waals surface area contributed by atoms with Crippen LogP contribution in [0.4, 0.5) is 13.2 Å². The van der Waals surface area contributed by atoms with Crippen LogP contribution in [0.1, 0.15) is 13.8 Å². The van der Waals surface area contributed by atoms with Crippen LogP contribution in [0.15, 0.2) is 41.6 Å². The number of hydrogen-bond acceptors (Lipinski definition) is 1. The highest BCUT2D eigenvalue weighted by atomic mass is 19.4. The van der Waals surface area contributed by atoms with Crippen LogP contribution >= 0.6 is 0 Å². The number of aliphatic imine (C=N–C) groups is 1. The molecule has 0 saturated carbocycles. The van der Waals surface area contributed by atoms with Crippen molar-refractivity contribution < 1.29 is 13.2 Å². The SMILES string of the molecule is C=C/C=C/C(C)=N\C=C(/C)C(F)(F)F. The molecule has 0 aliphatic heterocycles. The van der Waals surface area contributed by atoms with E-state index in [1.807, 2.05) is 0 Å². The van der Waals surface area contributed by atoms with Gasteiger partial charge in [-0.25, -0.2) is 0 Å². The first-order valence-corrected chi connectivity index (χ1v) is 3.95. The first kappa shape index (κ1) is 12.7. The first-order valence-electron chi connectivity index (χ1n) is 3.95. The summed E-state index contributed by atoms with van der Waals surface area (Å²) < 4.78 is 35.9. The van der Waals surface area contributed by atoms with Crippen LogP contribution in [0.5, 0.6) is 0 Å². The molecule has 0 heterocycles. The standard InChI is InChI=1S/C10H12F3N/c1-4-5-6-9(3)14-7-8(2)10(11,12)13/h4-7H,1H2,2-3H3/b6-5+,8-7+,14-9-. The van der Waals surface area contributed by atoms with Gasteiger partial charge in [-0.2, -0.15) is 13.2 Å². The Balaban J connectivity index is 4.54. The summed E-state index contributed by atoms with van der Waals surface area (Å²) in [5.41, 5.74) is -0.225.